The number of carbonyl (C=O) groups is 3. The van der Waals surface area contributed by atoms with Crippen molar-refractivity contribution >= 4 is 30.6 Å². The normalized spacial score (nSPS) is 11.9. The minimum atomic E-state index is -0.700. The molecule has 0 aromatic heterocycles. The summed E-state index contributed by atoms with van der Waals surface area (Å²) in [6, 6.07) is 5.32. The quantitative estimate of drug-likeness (QED) is 0.211. The third-order valence-electron chi connectivity index (χ3n) is 5.60. The van der Waals surface area contributed by atoms with Crippen LogP contribution >= 0.6 is 12.6 Å². The van der Waals surface area contributed by atoms with Crippen LogP contribution in [0.1, 0.15) is 43.9 Å². The van der Waals surface area contributed by atoms with Gasteiger partial charge in [0.1, 0.15) is 12.4 Å². The summed E-state index contributed by atoms with van der Waals surface area (Å²) in [5, 5.41) is 2.67. The third-order valence-corrected chi connectivity index (χ3v) is 5.83. The van der Waals surface area contributed by atoms with Crippen molar-refractivity contribution in [2.24, 2.45) is 0 Å². The molecule has 0 fully saturated rings. The first kappa shape index (κ1) is 33.7. The van der Waals surface area contributed by atoms with Crippen molar-refractivity contribution in [3.05, 3.63) is 29.3 Å². The maximum atomic E-state index is 13.1. The third kappa shape index (κ3) is 14.0. The maximum Gasteiger partial charge on any atom is 0.415 e. The molecule has 1 atom stereocenters. The fourth-order valence-electron chi connectivity index (χ4n) is 3.69. The van der Waals surface area contributed by atoms with Gasteiger partial charge in [0.05, 0.1) is 6.61 Å². The zero-order chi connectivity index (χ0) is 28.5. The highest BCUT2D eigenvalue weighted by atomic mass is 32.1. The van der Waals surface area contributed by atoms with Gasteiger partial charge in [0.2, 0.25) is 5.91 Å². The van der Waals surface area contributed by atoms with Crippen LogP contribution in [0.3, 0.4) is 0 Å². The summed E-state index contributed by atoms with van der Waals surface area (Å²) in [7, 11) is 8.04. The van der Waals surface area contributed by atoms with Gasteiger partial charge >= 0.3 is 12.1 Å². The number of hydrogen-bond donors (Lipinski definition) is 2. The van der Waals surface area contributed by atoms with Gasteiger partial charge in [-0.2, -0.15) is 12.6 Å². The number of thiol groups is 1. The Labute approximate surface area is 233 Å². The summed E-state index contributed by atoms with van der Waals surface area (Å²) in [6.45, 7) is 6.57. The topological polar surface area (TPSA) is 101 Å². The van der Waals surface area contributed by atoms with Crippen molar-refractivity contribution in [1.29, 1.82) is 0 Å². The number of hydrogen-bond acceptors (Lipinski definition) is 9. The Morgan fingerprint density at radius 3 is 2.16 bits per heavy atom. The number of nitrogens with zero attached hydrogens (tertiary/aromatic N) is 3. The molecule has 0 saturated carbocycles. The van der Waals surface area contributed by atoms with Crippen LogP contribution in [-0.2, 0) is 25.5 Å². The standard InChI is InChI=1S/C27H46N4O6S/c1-7-22-18-23(25(36-21(2)32)19-35-20-26(33)28-12-17-38)10-11-24(22)37-27(34)31(15-8-13-29(3)4)16-9-14-30(5)6/h10-11,18,25,38H,7-9,12-17,19-20H2,1-6H3,(H,28,33). The van der Waals surface area contributed by atoms with Crippen molar-refractivity contribution in [2.75, 3.05) is 79.9 Å². The van der Waals surface area contributed by atoms with Crippen LogP contribution in [-0.4, -0.2) is 113 Å². The minimum absolute atomic E-state index is 0.0156. The number of amides is 2. The van der Waals surface area contributed by atoms with Crippen LogP contribution in [0.15, 0.2) is 18.2 Å². The van der Waals surface area contributed by atoms with Crippen LogP contribution in [0.5, 0.6) is 5.75 Å². The predicted octanol–water partition coefficient (Wildman–Crippen LogP) is 2.62. The maximum absolute atomic E-state index is 13.1. The molecule has 216 valence electrons. The first-order valence-electron chi connectivity index (χ1n) is 13.1. The molecule has 0 radical (unpaired) electrons. The minimum Gasteiger partial charge on any atom is -0.455 e. The Morgan fingerprint density at radius 2 is 1.63 bits per heavy atom. The fraction of sp³-hybridized carbons (Fsp3) is 0.667. The molecular formula is C27H46N4O6S. The predicted molar refractivity (Wildman–Crippen MR) is 152 cm³/mol. The van der Waals surface area contributed by atoms with Gasteiger partial charge in [-0.05, 0) is 83.8 Å². The number of ether oxygens (including phenoxy) is 3. The van der Waals surface area contributed by atoms with Gasteiger partial charge in [0.15, 0.2) is 6.10 Å². The molecule has 1 aromatic carbocycles. The Balaban J connectivity index is 2.95. The molecule has 1 rings (SSSR count). The highest BCUT2D eigenvalue weighted by Gasteiger charge is 2.21. The monoisotopic (exact) mass is 554 g/mol. The molecule has 0 aliphatic carbocycles. The number of benzene rings is 1. The van der Waals surface area contributed by atoms with Crippen molar-refractivity contribution in [2.45, 2.75) is 39.2 Å². The van der Waals surface area contributed by atoms with Gasteiger partial charge < -0.3 is 34.2 Å². The second kappa shape index (κ2) is 18.8. The van der Waals surface area contributed by atoms with E-state index in [2.05, 4.69) is 27.7 Å². The van der Waals surface area contributed by atoms with Crippen molar-refractivity contribution in [3.8, 4) is 5.75 Å². The van der Waals surface area contributed by atoms with E-state index < -0.39 is 12.1 Å². The molecule has 0 spiro atoms. The zero-order valence-electron chi connectivity index (χ0n) is 23.8. The van der Waals surface area contributed by atoms with E-state index in [1.54, 1.807) is 17.0 Å². The molecule has 10 nitrogen and oxygen atoms in total. The van der Waals surface area contributed by atoms with Crippen molar-refractivity contribution in [3.63, 3.8) is 0 Å². The summed E-state index contributed by atoms with van der Waals surface area (Å²) in [5.41, 5.74) is 1.50. The molecule has 1 unspecified atom stereocenters. The molecule has 0 saturated heterocycles. The first-order chi connectivity index (χ1) is 18.1. The Bertz CT molecular complexity index is 854. The molecule has 1 N–H and O–H groups in total. The van der Waals surface area contributed by atoms with E-state index in [9.17, 15) is 14.4 Å². The molecule has 0 bridgehead atoms. The zero-order valence-corrected chi connectivity index (χ0v) is 24.7. The Kier molecular flexibility index (Phi) is 16.7. The molecule has 0 aliphatic rings. The Hall–Kier alpha value is -2.34. The van der Waals surface area contributed by atoms with E-state index in [0.717, 1.165) is 31.5 Å². The molecule has 1 aromatic rings. The van der Waals surface area contributed by atoms with Crippen LogP contribution in [0.2, 0.25) is 0 Å². The van der Waals surface area contributed by atoms with Gasteiger partial charge in [-0.25, -0.2) is 4.79 Å². The van der Waals surface area contributed by atoms with Crippen molar-refractivity contribution in [1.82, 2.24) is 20.0 Å². The van der Waals surface area contributed by atoms with E-state index in [1.165, 1.54) is 6.92 Å². The summed E-state index contributed by atoms with van der Waals surface area (Å²) >= 11 is 4.06. The lowest BCUT2D eigenvalue weighted by atomic mass is 10.0. The fourth-order valence-corrected chi connectivity index (χ4v) is 3.80. The highest BCUT2D eigenvalue weighted by molar-refractivity contribution is 7.80. The second-order valence-corrected chi connectivity index (χ2v) is 10.0. The lowest BCUT2D eigenvalue weighted by Crippen LogP contribution is -2.37. The highest BCUT2D eigenvalue weighted by Crippen LogP contribution is 2.27. The van der Waals surface area contributed by atoms with Gasteiger partial charge in [-0.3, -0.25) is 9.59 Å². The lowest BCUT2D eigenvalue weighted by Gasteiger charge is -2.24. The summed E-state index contributed by atoms with van der Waals surface area (Å²) in [4.78, 5) is 42.6. The van der Waals surface area contributed by atoms with Gasteiger partial charge in [-0.1, -0.05) is 13.0 Å². The van der Waals surface area contributed by atoms with E-state index in [-0.39, 0.29) is 25.2 Å². The van der Waals surface area contributed by atoms with E-state index in [1.807, 2.05) is 41.2 Å². The average molecular weight is 555 g/mol. The van der Waals surface area contributed by atoms with Gasteiger partial charge in [0, 0.05) is 32.3 Å². The number of carbonyl (C=O) groups excluding carboxylic acids is 3. The van der Waals surface area contributed by atoms with E-state index in [4.69, 9.17) is 14.2 Å². The van der Waals surface area contributed by atoms with Crippen LogP contribution in [0, 0.1) is 0 Å². The summed E-state index contributed by atoms with van der Waals surface area (Å²) in [5.74, 6) is 0.276. The summed E-state index contributed by atoms with van der Waals surface area (Å²) < 4.78 is 16.8. The number of rotatable bonds is 18. The molecule has 0 heterocycles. The molecule has 0 aliphatic heterocycles. The smallest absolute Gasteiger partial charge is 0.415 e. The molecule has 2 amide bonds. The van der Waals surface area contributed by atoms with Crippen LogP contribution in [0.25, 0.3) is 0 Å². The molecule has 11 heteroatoms. The molecule has 38 heavy (non-hydrogen) atoms. The first-order valence-corrected chi connectivity index (χ1v) is 13.7. The lowest BCUT2D eigenvalue weighted by molar-refractivity contribution is -0.150. The second-order valence-electron chi connectivity index (χ2n) is 9.58. The van der Waals surface area contributed by atoms with Crippen molar-refractivity contribution < 1.29 is 28.6 Å². The number of aryl methyl sites for hydroxylation is 1. The van der Waals surface area contributed by atoms with Crippen LogP contribution < -0.4 is 10.1 Å². The Morgan fingerprint density at radius 1 is 1.00 bits per heavy atom. The SMILES string of the molecule is CCc1cc(C(COCC(=O)NCCS)OC(C)=O)ccc1OC(=O)N(CCCN(C)C)CCCN(C)C. The van der Waals surface area contributed by atoms with Gasteiger partial charge in [0.25, 0.3) is 0 Å². The van der Waals surface area contributed by atoms with E-state index in [0.29, 0.717) is 43.1 Å². The molecular weight excluding hydrogens is 508 g/mol. The van der Waals surface area contributed by atoms with Gasteiger partial charge in [-0.15, -0.1) is 0 Å². The average Bonchev–Trinajstić information content (AvgIpc) is 2.85. The number of esters is 1. The summed E-state index contributed by atoms with van der Waals surface area (Å²) in [6.07, 6.45) is 1.23. The number of nitrogens with one attached hydrogen (secondary N) is 1. The largest absolute Gasteiger partial charge is 0.455 e. The van der Waals surface area contributed by atoms with E-state index >= 15 is 0 Å². The van der Waals surface area contributed by atoms with Crippen LogP contribution in [0.4, 0.5) is 4.79 Å².